The molecule has 0 aromatic rings. The summed E-state index contributed by atoms with van der Waals surface area (Å²) in [5.74, 6) is 0. The second-order valence-corrected chi connectivity index (χ2v) is 4.03. The van der Waals surface area contributed by atoms with Gasteiger partial charge in [0.2, 0.25) is 0 Å². The molecule has 8 heavy (non-hydrogen) atoms. The Morgan fingerprint density at radius 1 is 1.50 bits per heavy atom. The summed E-state index contributed by atoms with van der Waals surface area (Å²) in [5, 5.41) is 0.914. The maximum absolute atomic E-state index is 5.30. The van der Waals surface area contributed by atoms with Crippen LogP contribution in [-0.2, 0) is 4.74 Å². The third-order valence-corrected chi connectivity index (χ3v) is 0.685. The molecule has 0 radical (unpaired) electrons. The molecule has 0 heterocycles. The van der Waals surface area contributed by atoms with Crippen LogP contribution in [0.3, 0.4) is 0 Å². The van der Waals surface area contributed by atoms with E-state index in [1.54, 1.807) is 0 Å². The van der Waals surface area contributed by atoms with Crippen molar-refractivity contribution in [2.45, 2.75) is 26.4 Å². The van der Waals surface area contributed by atoms with Crippen molar-refractivity contribution < 1.29 is 4.74 Å². The van der Waals surface area contributed by atoms with E-state index < -0.39 is 0 Å². The highest BCUT2D eigenvalue weighted by Crippen LogP contribution is 2.08. The van der Waals surface area contributed by atoms with Crippen LogP contribution in [0.1, 0.15) is 20.8 Å². The molecule has 0 bridgehead atoms. The normalized spacial score (nSPS) is 11.4. The Labute approximate surface area is 54.2 Å². The predicted molar refractivity (Wildman–Crippen MR) is 39.9 cm³/mol. The summed E-state index contributed by atoms with van der Waals surface area (Å²) in [6.07, 6.45) is 0. The molecule has 0 aromatic heterocycles. The molecule has 0 saturated heterocycles. The summed E-state index contributed by atoms with van der Waals surface area (Å²) >= 11 is 0. The first-order valence-corrected chi connectivity index (χ1v) is 3.76. The molecule has 0 N–H and O–H groups in total. The Kier molecular flexibility index (Phi) is 2.28. The number of hydrogen-bond acceptors (Lipinski definition) is 1. The van der Waals surface area contributed by atoms with Crippen LogP contribution in [0.5, 0.6) is 0 Å². The Morgan fingerprint density at radius 2 is 1.88 bits per heavy atom. The van der Waals surface area contributed by atoms with E-state index in [0.29, 0.717) is 0 Å². The van der Waals surface area contributed by atoms with Gasteiger partial charge in [-0.1, -0.05) is 6.58 Å². The quantitative estimate of drug-likeness (QED) is 0.374. The summed E-state index contributed by atoms with van der Waals surface area (Å²) in [6, 6.07) is 0. The average Bonchev–Trinajstić information content (AvgIpc) is 1.21. The minimum Gasteiger partial charge on any atom is -0.499 e. The molecular weight excluding hydrogens is 116 g/mol. The van der Waals surface area contributed by atoms with Gasteiger partial charge in [-0.2, -0.15) is 0 Å². The first-order valence-electron chi connectivity index (χ1n) is 2.76. The van der Waals surface area contributed by atoms with Gasteiger partial charge in [-0.3, -0.25) is 0 Å². The highest BCUT2D eigenvalue weighted by molar-refractivity contribution is 6.19. The van der Waals surface area contributed by atoms with E-state index in [1.165, 1.54) is 0 Å². The van der Waals surface area contributed by atoms with Crippen molar-refractivity contribution in [3.8, 4) is 0 Å². The van der Waals surface area contributed by atoms with Crippen molar-refractivity contribution in [2.24, 2.45) is 0 Å². The van der Waals surface area contributed by atoms with Gasteiger partial charge in [0.05, 0.1) is 21.2 Å². The molecule has 0 unspecified atom stereocenters. The zero-order valence-electron chi connectivity index (χ0n) is 6.12. The molecule has 1 nitrogen and oxygen atoms in total. The van der Waals surface area contributed by atoms with Gasteiger partial charge in [0, 0.05) is 0 Å². The average molecular weight is 130 g/mol. The summed E-state index contributed by atoms with van der Waals surface area (Å²) in [6.45, 7) is 9.75. The standard InChI is InChI=1S/C6H14OSi/c1-5(8)7-6(2,3)4/h1H2,2-4,8H3. The smallest absolute Gasteiger partial charge is 0.0995 e. The molecule has 48 valence electrons. The van der Waals surface area contributed by atoms with E-state index in [1.807, 2.05) is 20.8 Å². The maximum atomic E-state index is 5.30. The highest BCUT2D eigenvalue weighted by atomic mass is 28.1. The van der Waals surface area contributed by atoms with E-state index in [2.05, 4.69) is 6.58 Å². The number of ether oxygens (including phenoxy) is 1. The molecule has 0 aliphatic rings. The molecule has 2 heteroatoms. The van der Waals surface area contributed by atoms with Crippen molar-refractivity contribution in [2.75, 3.05) is 0 Å². The second-order valence-electron chi connectivity index (χ2n) is 2.92. The predicted octanol–water partition coefficient (Wildman–Crippen LogP) is 0.638. The third-order valence-electron chi connectivity index (χ3n) is 0.480. The van der Waals surface area contributed by atoms with E-state index in [-0.39, 0.29) is 5.60 Å². The van der Waals surface area contributed by atoms with Crippen molar-refractivity contribution in [1.29, 1.82) is 0 Å². The molecule has 0 aliphatic heterocycles. The Hall–Kier alpha value is -0.243. The zero-order valence-corrected chi connectivity index (χ0v) is 8.12. The SMILES string of the molecule is C=C([SiH3])OC(C)(C)C. The summed E-state index contributed by atoms with van der Waals surface area (Å²) in [7, 11) is 0.933. The van der Waals surface area contributed by atoms with E-state index >= 15 is 0 Å². The van der Waals surface area contributed by atoms with Gasteiger partial charge in [-0.05, 0) is 20.8 Å². The van der Waals surface area contributed by atoms with Gasteiger partial charge >= 0.3 is 0 Å². The van der Waals surface area contributed by atoms with Gasteiger partial charge in [0.1, 0.15) is 0 Å². The fourth-order valence-corrected chi connectivity index (χ4v) is 1.14. The number of hydrogen-bond donors (Lipinski definition) is 0. The summed E-state index contributed by atoms with van der Waals surface area (Å²) in [5.41, 5.74) is -0.0428. The lowest BCUT2D eigenvalue weighted by atomic mass is 10.2. The van der Waals surface area contributed by atoms with Crippen molar-refractivity contribution in [1.82, 2.24) is 0 Å². The summed E-state index contributed by atoms with van der Waals surface area (Å²) < 4.78 is 5.30. The largest absolute Gasteiger partial charge is 0.499 e. The topological polar surface area (TPSA) is 9.23 Å². The van der Waals surface area contributed by atoms with Crippen LogP contribution in [0.2, 0.25) is 0 Å². The second kappa shape index (κ2) is 2.35. The van der Waals surface area contributed by atoms with Crippen LogP contribution < -0.4 is 0 Å². The minimum absolute atomic E-state index is 0.0428. The first kappa shape index (κ1) is 7.76. The molecule has 0 atom stereocenters. The Bertz CT molecular complexity index is 91.2. The van der Waals surface area contributed by atoms with Gasteiger partial charge in [-0.25, -0.2) is 0 Å². The molecular formula is C6H14OSi. The lowest BCUT2D eigenvalue weighted by Crippen LogP contribution is -2.18. The van der Waals surface area contributed by atoms with Crippen LogP contribution in [0.4, 0.5) is 0 Å². The fraction of sp³-hybridized carbons (Fsp3) is 0.667. The van der Waals surface area contributed by atoms with Crippen LogP contribution in [0.15, 0.2) is 12.0 Å². The van der Waals surface area contributed by atoms with Gasteiger partial charge in [0.25, 0.3) is 0 Å². The van der Waals surface area contributed by atoms with E-state index in [9.17, 15) is 0 Å². The monoisotopic (exact) mass is 130 g/mol. The highest BCUT2D eigenvalue weighted by Gasteiger charge is 2.08. The van der Waals surface area contributed by atoms with Crippen LogP contribution >= 0.6 is 0 Å². The van der Waals surface area contributed by atoms with Crippen molar-refractivity contribution in [3.05, 3.63) is 12.0 Å². The van der Waals surface area contributed by atoms with Crippen molar-refractivity contribution in [3.63, 3.8) is 0 Å². The van der Waals surface area contributed by atoms with Crippen molar-refractivity contribution >= 4 is 10.2 Å². The lowest BCUT2D eigenvalue weighted by Gasteiger charge is -2.20. The number of rotatable bonds is 1. The Morgan fingerprint density at radius 3 is 1.88 bits per heavy atom. The van der Waals surface area contributed by atoms with Gasteiger partial charge in [0.15, 0.2) is 0 Å². The first-order chi connectivity index (χ1) is 3.42. The molecule has 0 aromatic carbocycles. The van der Waals surface area contributed by atoms with Crippen LogP contribution in [0, 0.1) is 0 Å². The Balaban J connectivity index is 3.55. The van der Waals surface area contributed by atoms with E-state index in [4.69, 9.17) is 4.74 Å². The molecule has 0 amide bonds. The molecule has 0 saturated carbocycles. The maximum Gasteiger partial charge on any atom is 0.0995 e. The summed E-state index contributed by atoms with van der Waals surface area (Å²) in [4.78, 5) is 0. The van der Waals surface area contributed by atoms with E-state index in [0.717, 1.165) is 15.6 Å². The molecule has 0 fully saturated rings. The zero-order chi connectivity index (χ0) is 6.78. The van der Waals surface area contributed by atoms with Gasteiger partial charge in [-0.15, -0.1) is 0 Å². The van der Waals surface area contributed by atoms with Crippen LogP contribution in [0.25, 0.3) is 0 Å². The fourth-order valence-electron chi connectivity index (χ4n) is 0.523. The molecule has 0 aliphatic carbocycles. The lowest BCUT2D eigenvalue weighted by molar-refractivity contribution is 0.0683. The minimum atomic E-state index is -0.0428. The van der Waals surface area contributed by atoms with Crippen LogP contribution in [-0.4, -0.2) is 15.8 Å². The third kappa shape index (κ3) is 5.76. The molecule has 0 rings (SSSR count). The molecule has 0 spiro atoms. The van der Waals surface area contributed by atoms with Gasteiger partial charge < -0.3 is 4.74 Å².